The Morgan fingerprint density at radius 3 is 2.35 bits per heavy atom. The number of rotatable bonds is 5. The van der Waals surface area contributed by atoms with E-state index < -0.39 is 0 Å². The SMILES string of the molecule is CCC1(C)CN(CC2CCC(C)O2)C(CC)(CC)CN1. The number of piperazine rings is 1. The number of hydrogen-bond donors (Lipinski definition) is 1. The predicted molar refractivity (Wildman–Crippen MR) is 85.2 cm³/mol. The quantitative estimate of drug-likeness (QED) is 0.838. The molecule has 2 saturated heterocycles. The summed E-state index contributed by atoms with van der Waals surface area (Å²) in [4.78, 5) is 2.75. The molecular formula is C17H34N2O. The molecule has 3 atom stereocenters. The van der Waals surface area contributed by atoms with E-state index in [1.54, 1.807) is 0 Å². The van der Waals surface area contributed by atoms with Gasteiger partial charge in [0.05, 0.1) is 12.2 Å². The van der Waals surface area contributed by atoms with Crippen LogP contribution in [0.2, 0.25) is 0 Å². The lowest BCUT2D eigenvalue weighted by molar-refractivity contribution is -0.0420. The summed E-state index contributed by atoms with van der Waals surface area (Å²) >= 11 is 0. The Bertz CT molecular complexity index is 316. The van der Waals surface area contributed by atoms with Crippen LogP contribution in [-0.2, 0) is 4.74 Å². The minimum Gasteiger partial charge on any atom is -0.374 e. The molecule has 2 heterocycles. The molecule has 0 bridgehead atoms. The van der Waals surface area contributed by atoms with Crippen LogP contribution in [0.25, 0.3) is 0 Å². The second-order valence-electron chi connectivity index (χ2n) is 7.23. The lowest BCUT2D eigenvalue weighted by Crippen LogP contribution is -2.69. The van der Waals surface area contributed by atoms with Gasteiger partial charge in [-0.1, -0.05) is 20.8 Å². The molecule has 0 saturated carbocycles. The van der Waals surface area contributed by atoms with E-state index in [-0.39, 0.29) is 5.54 Å². The number of nitrogens with one attached hydrogen (secondary N) is 1. The van der Waals surface area contributed by atoms with Crippen molar-refractivity contribution in [3.63, 3.8) is 0 Å². The predicted octanol–water partition coefficient (Wildman–Crippen LogP) is 3.19. The molecule has 3 nitrogen and oxygen atoms in total. The third-order valence-corrected chi connectivity index (χ3v) is 5.90. The molecule has 0 radical (unpaired) electrons. The highest BCUT2D eigenvalue weighted by Crippen LogP contribution is 2.33. The molecule has 2 rings (SSSR count). The summed E-state index contributed by atoms with van der Waals surface area (Å²) in [6.45, 7) is 14.9. The summed E-state index contributed by atoms with van der Waals surface area (Å²) in [6.07, 6.45) is 7.00. The highest BCUT2D eigenvalue weighted by atomic mass is 16.5. The molecule has 2 aliphatic rings. The van der Waals surface area contributed by atoms with Crippen LogP contribution in [0.4, 0.5) is 0 Å². The molecule has 0 aromatic carbocycles. The highest BCUT2D eigenvalue weighted by molar-refractivity contribution is 5.03. The van der Waals surface area contributed by atoms with Gasteiger partial charge in [-0.25, -0.2) is 0 Å². The average molecular weight is 282 g/mol. The Morgan fingerprint density at radius 1 is 1.15 bits per heavy atom. The molecule has 0 aromatic heterocycles. The topological polar surface area (TPSA) is 24.5 Å². The molecule has 118 valence electrons. The molecule has 2 fully saturated rings. The second-order valence-corrected chi connectivity index (χ2v) is 7.23. The van der Waals surface area contributed by atoms with Crippen molar-refractivity contribution in [1.29, 1.82) is 0 Å². The van der Waals surface area contributed by atoms with E-state index in [1.807, 2.05) is 0 Å². The van der Waals surface area contributed by atoms with Gasteiger partial charge in [0, 0.05) is 30.7 Å². The molecule has 1 N–H and O–H groups in total. The minimum absolute atomic E-state index is 0.262. The van der Waals surface area contributed by atoms with E-state index in [1.165, 1.54) is 32.1 Å². The van der Waals surface area contributed by atoms with Gasteiger partial charge in [0.25, 0.3) is 0 Å². The Balaban J connectivity index is 2.09. The first kappa shape index (κ1) is 16.3. The molecule has 2 aliphatic heterocycles. The van der Waals surface area contributed by atoms with Crippen molar-refractivity contribution < 1.29 is 4.74 Å². The van der Waals surface area contributed by atoms with E-state index >= 15 is 0 Å². The normalized spacial score (nSPS) is 38.2. The van der Waals surface area contributed by atoms with Crippen LogP contribution in [0.1, 0.15) is 66.7 Å². The Kier molecular flexibility index (Phi) is 5.14. The van der Waals surface area contributed by atoms with Gasteiger partial charge >= 0.3 is 0 Å². The number of nitrogens with zero attached hydrogens (tertiary/aromatic N) is 1. The first-order chi connectivity index (χ1) is 9.47. The summed E-state index contributed by atoms with van der Waals surface area (Å²) < 4.78 is 6.09. The number of ether oxygens (including phenoxy) is 1. The highest BCUT2D eigenvalue weighted by Gasteiger charge is 2.44. The van der Waals surface area contributed by atoms with Crippen molar-refractivity contribution in [1.82, 2.24) is 10.2 Å². The van der Waals surface area contributed by atoms with Gasteiger partial charge in [0.1, 0.15) is 0 Å². The zero-order valence-electron chi connectivity index (χ0n) is 14.2. The van der Waals surface area contributed by atoms with Gasteiger partial charge in [-0.3, -0.25) is 4.90 Å². The van der Waals surface area contributed by atoms with Crippen LogP contribution in [0.3, 0.4) is 0 Å². The van der Waals surface area contributed by atoms with Crippen molar-refractivity contribution in [3.8, 4) is 0 Å². The summed E-state index contributed by atoms with van der Waals surface area (Å²) in [6, 6.07) is 0. The zero-order valence-corrected chi connectivity index (χ0v) is 14.2. The maximum absolute atomic E-state index is 6.09. The van der Waals surface area contributed by atoms with Gasteiger partial charge in [-0.05, 0) is 46.0 Å². The van der Waals surface area contributed by atoms with E-state index in [4.69, 9.17) is 4.74 Å². The molecule has 3 heteroatoms. The van der Waals surface area contributed by atoms with Crippen LogP contribution < -0.4 is 5.32 Å². The Hall–Kier alpha value is -0.120. The van der Waals surface area contributed by atoms with E-state index in [0.717, 1.165) is 19.6 Å². The third-order valence-electron chi connectivity index (χ3n) is 5.90. The van der Waals surface area contributed by atoms with Gasteiger partial charge in [-0.15, -0.1) is 0 Å². The lowest BCUT2D eigenvalue weighted by Gasteiger charge is -2.54. The standard InChI is InChI=1S/C17H34N2O/c1-6-16(5)13-19(11-15-10-9-14(4)20-15)17(7-2,8-3)12-18-16/h14-15,18H,6-13H2,1-5H3. The fourth-order valence-electron chi connectivity index (χ4n) is 3.84. The summed E-state index contributed by atoms with van der Waals surface area (Å²) in [5.41, 5.74) is 0.585. The maximum atomic E-state index is 6.09. The summed E-state index contributed by atoms with van der Waals surface area (Å²) in [7, 11) is 0. The molecule has 3 unspecified atom stereocenters. The van der Waals surface area contributed by atoms with Crippen LogP contribution in [-0.4, -0.2) is 47.8 Å². The van der Waals surface area contributed by atoms with Gasteiger partial charge in [0.2, 0.25) is 0 Å². The van der Waals surface area contributed by atoms with Crippen LogP contribution in [0.15, 0.2) is 0 Å². The fraction of sp³-hybridized carbons (Fsp3) is 1.00. The fourth-order valence-corrected chi connectivity index (χ4v) is 3.84. The van der Waals surface area contributed by atoms with Crippen molar-refractivity contribution in [3.05, 3.63) is 0 Å². The van der Waals surface area contributed by atoms with E-state index in [0.29, 0.717) is 17.7 Å². The molecule has 0 spiro atoms. The first-order valence-corrected chi connectivity index (χ1v) is 8.62. The van der Waals surface area contributed by atoms with E-state index in [9.17, 15) is 0 Å². The largest absolute Gasteiger partial charge is 0.374 e. The van der Waals surface area contributed by atoms with E-state index in [2.05, 4.69) is 44.8 Å². The van der Waals surface area contributed by atoms with Crippen molar-refractivity contribution in [2.75, 3.05) is 19.6 Å². The van der Waals surface area contributed by atoms with Gasteiger partial charge in [0.15, 0.2) is 0 Å². The van der Waals surface area contributed by atoms with Crippen LogP contribution in [0.5, 0.6) is 0 Å². The second kappa shape index (κ2) is 6.33. The Morgan fingerprint density at radius 2 is 1.85 bits per heavy atom. The van der Waals surface area contributed by atoms with Crippen molar-refractivity contribution in [2.45, 2.75) is 90.0 Å². The summed E-state index contributed by atoms with van der Waals surface area (Å²) in [5, 5.41) is 3.82. The average Bonchev–Trinajstić information content (AvgIpc) is 2.85. The molecule has 0 aliphatic carbocycles. The summed E-state index contributed by atoms with van der Waals surface area (Å²) in [5.74, 6) is 0. The maximum Gasteiger partial charge on any atom is 0.0706 e. The minimum atomic E-state index is 0.262. The zero-order chi connectivity index (χ0) is 14.8. The molecule has 0 amide bonds. The van der Waals surface area contributed by atoms with Crippen LogP contribution in [0, 0.1) is 0 Å². The van der Waals surface area contributed by atoms with Gasteiger partial charge in [-0.2, -0.15) is 0 Å². The third kappa shape index (κ3) is 3.20. The number of hydrogen-bond acceptors (Lipinski definition) is 3. The molecule has 0 aromatic rings. The first-order valence-electron chi connectivity index (χ1n) is 8.62. The molecule has 20 heavy (non-hydrogen) atoms. The Labute approximate surface area is 125 Å². The van der Waals surface area contributed by atoms with Crippen molar-refractivity contribution in [2.24, 2.45) is 0 Å². The van der Waals surface area contributed by atoms with Crippen LogP contribution >= 0.6 is 0 Å². The smallest absolute Gasteiger partial charge is 0.0706 e. The lowest BCUT2D eigenvalue weighted by atomic mass is 9.82. The van der Waals surface area contributed by atoms with Crippen molar-refractivity contribution >= 4 is 0 Å². The van der Waals surface area contributed by atoms with Gasteiger partial charge < -0.3 is 10.1 Å². The molecular weight excluding hydrogens is 248 g/mol. The monoisotopic (exact) mass is 282 g/mol.